The number of nitriles is 2. The average Bonchev–Trinajstić information content (AvgIpc) is 2.49. The largest absolute Gasteiger partial charge is 0.338 e. The number of hydrogen-bond donors (Lipinski definition) is 3. The molecule has 0 atom stereocenters. The maximum absolute atomic E-state index is 13.6. The van der Waals surface area contributed by atoms with E-state index in [2.05, 4.69) is 10.3 Å². The molecular formula is C13H8F2N6. The fraction of sp³-hybridized carbons (Fsp3) is 0. The Hall–Kier alpha value is -3.23. The molecule has 6 nitrogen and oxygen atoms in total. The zero-order valence-corrected chi connectivity index (χ0v) is 10.5. The molecule has 0 amide bonds. The molecule has 21 heavy (non-hydrogen) atoms. The highest BCUT2D eigenvalue weighted by molar-refractivity contribution is 5.63. The highest BCUT2D eigenvalue weighted by atomic mass is 19.1. The Labute approximate surface area is 118 Å². The molecule has 2 aromatic rings. The molecule has 0 spiro atoms. The third kappa shape index (κ3) is 2.86. The van der Waals surface area contributed by atoms with Crippen LogP contribution < -0.4 is 16.6 Å². The van der Waals surface area contributed by atoms with Crippen molar-refractivity contribution in [2.75, 3.05) is 10.7 Å². The van der Waals surface area contributed by atoms with Crippen LogP contribution in [0.1, 0.15) is 11.1 Å². The Morgan fingerprint density at radius 1 is 1.00 bits per heavy atom. The summed E-state index contributed by atoms with van der Waals surface area (Å²) in [4.78, 5) is 3.64. The van der Waals surface area contributed by atoms with Gasteiger partial charge in [0, 0.05) is 11.8 Å². The number of halogens is 2. The monoisotopic (exact) mass is 286 g/mol. The molecule has 0 bridgehead atoms. The molecule has 4 N–H and O–H groups in total. The van der Waals surface area contributed by atoms with Gasteiger partial charge in [-0.25, -0.2) is 19.6 Å². The molecule has 0 aliphatic carbocycles. The van der Waals surface area contributed by atoms with Crippen molar-refractivity contribution in [3.63, 3.8) is 0 Å². The molecular weight excluding hydrogens is 278 g/mol. The third-order valence-electron chi connectivity index (χ3n) is 2.59. The second-order valence-corrected chi connectivity index (χ2v) is 3.90. The van der Waals surface area contributed by atoms with E-state index in [0.717, 1.165) is 0 Å². The molecule has 0 unspecified atom stereocenters. The molecule has 0 aliphatic rings. The summed E-state index contributed by atoms with van der Waals surface area (Å²) in [6.45, 7) is 0. The maximum atomic E-state index is 13.6. The Kier molecular flexibility index (Phi) is 3.93. The Balaban J connectivity index is 2.39. The van der Waals surface area contributed by atoms with E-state index in [4.69, 9.17) is 16.4 Å². The van der Waals surface area contributed by atoms with Crippen molar-refractivity contribution in [2.24, 2.45) is 5.84 Å². The summed E-state index contributed by atoms with van der Waals surface area (Å²) in [6, 6.07) is 8.57. The first-order valence-electron chi connectivity index (χ1n) is 5.63. The van der Waals surface area contributed by atoms with E-state index in [1.807, 2.05) is 17.6 Å². The average molecular weight is 286 g/mol. The van der Waals surface area contributed by atoms with Crippen LogP contribution >= 0.6 is 0 Å². The van der Waals surface area contributed by atoms with Crippen molar-refractivity contribution >= 4 is 17.3 Å². The molecule has 0 saturated carbocycles. The molecule has 0 aliphatic heterocycles. The van der Waals surface area contributed by atoms with Crippen molar-refractivity contribution < 1.29 is 8.78 Å². The van der Waals surface area contributed by atoms with Crippen LogP contribution in [0.4, 0.5) is 26.1 Å². The van der Waals surface area contributed by atoms with Crippen LogP contribution in [0.2, 0.25) is 0 Å². The normalized spacial score (nSPS) is 9.57. The molecule has 0 saturated heterocycles. The predicted molar refractivity (Wildman–Crippen MR) is 71.1 cm³/mol. The number of aromatic nitrogens is 1. The van der Waals surface area contributed by atoms with Gasteiger partial charge in [-0.1, -0.05) is 0 Å². The van der Waals surface area contributed by atoms with Crippen LogP contribution in [0, 0.1) is 34.3 Å². The van der Waals surface area contributed by atoms with E-state index in [0.29, 0.717) is 11.8 Å². The molecule has 1 aromatic heterocycles. The standard InChI is InChI=1S/C13H8F2N6/c14-10-4-11(15)13(21-18)20-12(10)19-9-2-1-7(5-16)8(3-9)6-17/h1-4H,18H2,(H2,19,20,21). The van der Waals surface area contributed by atoms with Crippen LogP contribution in [0.5, 0.6) is 0 Å². The van der Waals surface area contributed by atoms with E-state index < -0.39 is 11.6 Å². The summed E-state index contributed by atoms with van der Waals surface area (Å²) in [7, 11) is 0. The summed E-state index contributed by atoms with van der Waals surface area (Å²) < 4.78 is 26.9. The van der Waals surface area contributed by atoms with E-state index in [-0.39, 0.29) is 22.8 Å². The fourth-order valence-corrected chi connectivity index (χ4v) is 1.60. The van der Waals surface area contributed by atoms with Crippen molar-refractivity contribution in [1.82, 2.24) is 4.98 Å². The number of nitrogens with two attached hydrogens (primary N) is 1. The highest BCUT2D eigenvalue weighted by Gasteiger charge is 2.12. The van der Waals surface area contributed by atoms with Gasteiger partial charge in [0.15, 0.2) is 23.3 Å². The van der Waals surface area contributed by atoms with Gasteiger partial charge in [-0.05, 0) is 18.2 Å². The Morgan fingerprint density at radius 2 is 1.67 bits per heavy atom. The van der Waals surface area contributed by atoms with Crippen molar-refractivity contribution in [3.05, 3.63) is 47.0 Å². The summed E-state index contributed by atoms with van der Waals surface area (Å²) in [5.74, 6) is 2.62. The lowest BCUT2D eigenvalue weighted by atomic mass is 10.1. The van der Waals surface area contributed by atoms with Crippen LogP contribution in [-0.2, 0) is 0 Å². The summed E-state index contributed by atoms with van der Waals surface area (Å²) in [5.41, 5.74) is 2.65. The van der Waals surface area contributed by atoms with Gasteiger partial charge in [0.1, 0.15) is 12.1 Å². The SMILES string of the molecule is N#Cc1ccc(Nc2nc(NN)c(F)cc2F)cc1C#N. The topological polar surface area (TPSA) is 111 Å². The lowest BCUT2D eigenvalue weighted by molar-refractivity contribution is 0.579. The van der Waals surface area contributed by atoms with Gasteiger partial charge < -0.3 is 10.7 Å². The van der Waals surface area contributed by atoms with E-state index in [1.165, 1.54) is 18.2 Å². The number of nitrogen functional groups attached to an aromatic ring is 1. The lowest BCUT2D eigenvalue weighted by Gasteiger charge is -2.09. The van der Waals surface area contributed by atoms with Crippen molar-refractivity contribution in [1.29, 1.82) is 10.5 Å². The van der Waals surface area contributed by atoms with Crippen LogP contribution in [0.25, 0.3) is 0 Å². The number of anilines is 3. The zero-order chi connectivity index (χ0) is 15.4. The first kappa shape index (κ1) is 14.2. The molecule has 104 valence electrons. The molecule has 8 heteroatoms. The summed E-state index contributed by atoms with van der Waals surface area (Å²) in [6.07, 6.45) is 0. The Bertz CT molecular complexity index is 775. The van der Waals surface area contributed by atoms with Gasteiger partial charge in [0.25, 0.3) is 0 Å². The minimum absolute atomic E-state index is 0.127. The molecule has 0 radical (unpaired) electrons. The number of nitrogens with zero attached hydrogens (tertiary/aromatic N) is 3. The van der Waals surface area contributed by atoms with Gasteiger partial charge >= 0.3 is 0 Å². The quantitative estimate of drug-likeness (QED) is 0.589. The number of nitrogens with one attached hydrogen (secondary N) is 2. The van der Waals surface area contributed by atoms with Gasteiger partial charge in [0.05, 0.1) is 11.1 Å². The van der Waals surface area contributed by atoms with Crippen LogP contribution in [0.15, 0.2) is 24.3 Å². The molecule has 1 aromatic carbocycles. The number of hydrogen-bond acceptors (Lipinski definition) is 6. The smallest absolute Gasteiger partial charge is 0.178 e. The lowest BCUT2D eigenvalue weighted by Crippen LogP contribution is -2.12. The van der Waals surface area contributed by atoms with Gasteiger partial charge in [0.2, 0.25) is 0 Å². The minimum atomic E-state index is -0.932. The molecule has 2 rings (SSSR count). The molecule has 0 fully saturated rings. The van der Waals surface area contributed by atoms with Gasteiger partial charge in [-0.15, -0.1) is 0 Å². The predicted octanol–water partition coefficient (Wildman–Crippen LogP) is 2.13. The first-order chi connectivity index (χ1) is 10.1. The Morgan fingerprint density at radius 3 is 2.29 bits per heavy atom. The van der Waals surface area contributed by atoms with Gasteiger partial charge in [-0.2, -0.15) is 10.5 Å². The number of rotatable bonds is 3. The van der Waals surface area contributed by atoms with E-state index >= 15 is 0 Å². The van der Waals surface area contributed by atoms with Crippen molar-refractivity contribution in [3.8, 4) is 12.1 Å². The summed E-state index contributed by atoms with van der Waals surface area (Å²) >= 11 is 0. The maximum Gasteiger partial charge on any atom is 0.178 e. The second kappa shape index (κ2) is 5.82. The van der Waals surface area contributed by atoms with Crippen LogP contribution in [-0.4, -0.2) is 4.98 Å². The highest BCUT2D eigenvalue weighted by Crippen LogP contribution is 2.23. The number of hydrazine groups is 1. The van der Waals surface area contributed by atoms with Crippen molar-refractivity contribution in [2.45, 2.75) is 0 Å². The summed E-state index contributed by atoms with van der Waals surface area (Å²) in [5, 5.41) is 20.3. The second-order valence-electron chi connectivity index (χ2n) is 3.90. The fourth-order valence-electron chi connectivity index (χ4n) is 1.60. The van der Waals surface area contributed by atoms with Gasteiger partial charge in [-0.3, -0.25) is 0 Å². The first-order valence-corrected chi connectivity index (χ1v) is 5.63. The number of pyridine rings is 1. The minimum Gasteiger partial charge on any atom is -0.338 e. The van der Waals surface area contributed by atoms with Crippen LogP contribution in [0.3, 0.4) is 0 Å². The third-order valence-corrected chi connectivity index (χ3v) is 2.59. The number of benzene rings is 1. The molecule has 1 heterocycles. The van der Waals surface area contributed by atoms with E-state index in [9.17, 15) is 8.78 Å². The van der Waals surface area contributed by atoms with E-state index in [1.54, 1.807) is 0 Å². The zero-order valence-electron chi connectivity index (χ0n) is 10.5.